The Labute approximate surface area is 114 Å². The highest BCUT2D eigenvalue weighted by molar-refractivity contribution is 7.10. The number of hydrogen-bond donors (Lipinski definition) is 3. The van der Waals surface area contributed by atoms with Crippen molar-refractivity contribution in [2.75, 3.05) is 11.9 Å². The van der Waals surface area contributed by atoms with E-state index >= 15 is 0 Å². The Hall–Kier alpha value is -1.70. The van der Waals surface area contributed by atoms with E-state index in [1.54, 1.807) is 0 Å². The minimum Gasteiger partial charge on any atom is -0.481 e. The summed E-state index contributed by atoms with van der Waals surface area (Å²) in [5.41, 5.74) is -0.818. The fourth-order valence-corrected chi connectivity index (χ4v) is 2.74. The lowest BCUT2D eigenvalue weighted by Gasteiger charge is -2.33. The molecule has 1 aliphatic rings. The van der Waals surface area contributed by atoms with Crippen LogP contribution in [-0.2, 0) is 4.79 Å². The summed E-state index contributed by atoms with van der Waals surface area (Å²) in [6.45, 7) is 0.153. The van der Waals surface area contributed by atoms with Crippen molar-refractivity contribution in [3.63, 3.8) is 0 Å². The van der Waals surface area contributed by atoms with Crippen LogP contribution in [-0.4, -0.2) is 33.2 Å². The molecule has 0 atom stereocenters. The molecule has 1 saturated carbocycles. The third-order valence-corrected chi connectivity index (χ3v) is 4.03. The van der Waals surface area contributed by atoms with Gasteiger partial charge in [0, 0.05) is 18.1 Å². The topological polar surface area (TPSA) is 104 Å². The fourth-order valence-electron chi connectivity index (χ4n) is 2.32. The van der Waals surface area contributed by atoms with Gasteiger partial charge in [-0.3, -0.25) is 10.1 Å². The molecule has 8 heteroatoms. The minimum absolute atomic E-state index is 0.153. The number of carbonyl (C=O) groups excluding carboxylic acids is 1. The molecule has 1 aromatic heterocycles. The van der Waals surface area contributed by atoms with Crippen LogP contribution in [0.25, 0.3) is 0 Å². The quantitative estimate of drug-likeness (QED) is 0.780. The maximum Gasteiger partial charge on any atom is 0.319 e. The number of aliphatic carboxylic acids is 1. The lowest BCUT2D eigenvalue weighted by atomic mass is 9.74. The number of nitrogens with zero attached hydrogens (tertiary/aromatic N) is 2. The van der Waals surface area contributed by atoms with Crippen LogP contribution >= 0.6 is 11.5 Å². The highest BCUT2D eigenvalue weighted by Crippen LogP contribution is 2.36. The monoisotopic (exact) mass is 284 g/mol. The molecule has 2 rings (SSSR count). The number of carboxylic acids is 1. The Balaban J connectivity index is 1.88. The van der Waals surface area contributed by atoms with Crippen molar-refractivity contribution in [2.45, 2.75) is 32.1 Å². The Kier molecular flexibility index (Phi) is 4.31. The third kappa shape index (κ3) is 3.40. The first-order valence-electron chi connectivity index (χ1n) is 6.18. The van der Waals surface area contributed by atoms with Crippen LogP contribution in [0.15, 0.2) is 6.20 Å². The summed E-state index contributed by atoms with van der Waals surface area (Å²) in [5, 5.41) is 18.7. The smallest absolute Gasteiger partial charge is 0.319 e. The average Bonchev–Trinajstić information content (AvgIpc) is 2.90. The molecule has 1 fully saturated rings. The summed E-state index contributed by atoms with van der Waals surface area (Å²) in [6.07, 6.45) is 5.53. The van der Waals surface area contributed by atoms with Crippen molar-refractivity contribution in [3.8, 4) is 0 Å². The fraction of sp³-hybridized carbons (Fsp3) is 0.636. The van der Waals surface area contributed by atoms with E-state index in [2.05, 4.69) is 20.2 Å². The number of urea groups is 1. The molecule has 7 nitrogen and oxygen atoms in total. The molecular weight excluding hydrogens is 268 g/mol. The van der Waals surface area contributed by atoms with Crippen molar-refractivity contribution < 1.29 is 14.7 Å². The van der Waals surface area contributed by atoms with Crippen LogP contribution in [0.3, 0.4) is 0 Å². The minimum atomic E-state index is -0.827. The highest BCUT2D eigenvalue weighted by atomic mass is 32.1. The molecule has 0 radical (unpaired) electrons. The van der Waals surface area contributed by atoms with Gasteiger partial charge in [-0.15, -0.1) is 5.10 Å². The second kappa shape index (κ2) is 5.96. The zero-order chi connectivity index (χ0) is 13.7. The molecule has 0 saturated heterocycles. The zero-order valence-corrected chi connectivity index (χ0v) is 11.2. The number of rotatable bonds is 4. The molecular formula is C11H16N4O3S. The highest BCUT2D eigenvalue weighted by Gasteiger charge is 2.39. The lowest BCUT2D eigenvalue weighted by Crippen LogP contribution is -2.45. The SMILES string of the molecule is O=C(NCC1(C(=O)O)CCCCC1)Nc1cnns1. The van der Waals surface area contributed by atoms with Gasteiger partial charge in [-0.2, -0.15) is 0 Å². The molecule has 1 aliphatic carbocycles. The van der Waals surface area contributed by atoms with Crippen LogP contribution < -0.4 is 10.6 Å². The number of aromatic nitrogens is 2. The van der Waals surface area contributed by atoms with E-state index in [0.29, 0.717) is 17.8 Å². The number of amides is 2. The lowest BCUT2D eigenvalue weighted by molar-refractivity contribution is -0.150. The number of nitrogens with one attached hydrogen (secondary N) is 2. The van der Waals surface area contributed by atoms with Crippen molar-refractivity contribution in [1.82, 2.24) is 14.9 Å². The van der Waals surface area contributed by atoms with Gasteiger partial charge in [0.2, 0.25) is 0 Å². The van der Waals surface area contributed by atoms with Crippen molar-refractivity contribution in [3.05, 3.63) is 6.20 Å². The van der Waals surface area contributed by atoms with Gasteiger partial charge < -0.3 is 10.4 Å². The molecule has 0 bridgehead atoms. The molecule has 1 aromatic rings. The van der Waals surface area contributed by atoms with E-state index in [1.165, 1.54) is 6.20 Å². The number of anilines is 1. The molecule has 0 spiro atoms. The first-order chi connectivity index (χ1) is 9.12. The largest absolute Gasteiger partial charge is 0.481 e. The molecule has 0 aromatic carbocycles. The van der Waals surface area contributed by atoms with Gasteiger partial charge in [-0.25, -0.2) is 4.79 Å². The molecule has 0 unspecified atom stereocenters. The molecule has 3 N–H and O–H groups in total. The van der Waals surface area contributed by atoms with E-state index in [0.717, 1.165) is 30.8 Å². The van der Waals surface area contributed by atoms with Crippen molar-refractivity contribution in [2.24, 2.45) is 5.41 Å². The van der Waals surface area contributed by atoms with Crippen molar-refractivity contribution >= 4 is 28.5 Å². The maximum atomic E-state index is 11.7. The van der Waals surface area contributed by atoms with Gasteiger partial charge in [0.05, 0.1) is 11.6 Å². The van der Waals surface area contributed by atoms with Crippen LogP contribution in [0.2, 0.25) is 0 Å². The average molecular weight is 284 g/mol. The van der Waals surface area contributed by atoms with E-state index in [4.69, 9.17) is 0 Å². The van der Waals surface area contributed by atoms with E-state index < -0.39 is 17.4 Å². The second-order valence-electron chi connectivity index (χ2n) is 4.74. The predicted molar refractivity (Wildman–Crippen MR) is 70.1 cm³/mol. The van der Waals surface area contributed by atoms with Gasteiger partial charge in [-0.05, 0) is 12.8 Å². The Morgan fingerprint density at radius 2 is 2.11 bits per heavy atom. The van der Waals surface area contributed by atoms with Crippen LogP contribution in [0, 0.1) is 5.41 Å². The first kappa shape index (κ1) is 13.7. The van der Waals surface area contributed by atoms with Crippen LogP contribution in [0.4, 0.5) is 9.80 Å². The maximum absolute atomic E-state index is 11.7. The number of carboxylic acid groups (broad SMARTS) is 1. The molecule has 1 heterocycles. The third-order valence-electron chi connectivity index (χ3n) is 3.45. The van der Waals surface area contributed by atoms with Gasteiger partial charge in [0.1, 0.15) is 5.00 Å². The van der Waals surface area contributed by atoms with E-state index in [-0.39, 0.29) is 6.54 Å². The predicted octanol–water partition coefficient (Wildman–Crippen LogP) is 1.69. The molecule has 104 valence electrons. The normalized spacial score (nSPS) is 17.7. The summed E-state index contributed by atoms with van der Waals surface area (Å²) in [6, 6.07) is -0.419. The molecule has 19 heavy (non-hydrogen) atoms. The molecule has 0 aliphatic heterocycles. The van der Waals surface area contributed by atoms with Gasteiger partial charge in [0.25, 0.3) is 0 Å². The van der Waals surface area contributed by atoms with E-state index in [1.807, 2.05) is 0 Å². The summed E-state index contributed by atoms with van der Waals surface area (Å²) < 4.78 is 3.62. The van der Waals surface area contributed by atoms with Gasteiger partial charge >= 0.3 is 12.0 Å². The standard InChI is InChI=1S/C11H16N4O3S/c16-9(17)11(4-2-1-3-5-11)7-12-10(18)14-8-6-13-15-19-8/h6H,1-5,7H2,(H,16,17)(H2,12,14,18). The zero-order valence-electron chi connectivity index (χ0n) is 10.4. The van der Waals surface area contributed by atoms with Crippen molar-refractivity contribution in [1.29, 1.82) is 0 Å². The van der Waals surface area contributed by atoms with Crippen LogP contribution in [0.5, 0.6) is 0 Å². The Morgan fingerprint density at radius 1 is 1.37 bits per heavy atom. The van der Waals surface area contributed by atoms with E-state index in [9.17, 15) is 14.7 Å². The van der Waals surface area contributed by atoms with Crippen LogP contribution in [0.1, 0.15) is 32.1 Å². The summed E-state index contributed by atoms with van der Waals surface area (Å²) in [7, 11) is 0. The summed E-state index contributed by atoms with van der Waals surface area (Å²) in [4.78, 5) is 23.1. The number of hydrogen-bond acceptors (Lipinski definition) is 5. The number of carbonyl (C=O) groups is 2. The summed E-state index contributed by atoms with van der Waals surface area (Å²) in [5.74, 6) is -0.827. The first-order valence-corrected chi connectivity index (χ1v) is 6.95. The van der Waals surface area contributed by atoms with Gasteiger partial charge in [0.15, 0.2) is 0 Å². The van der Waals surface area contributed by atoms with Gasteiger partial charge in [-0.1, -0.05) is 23.8 Å². The molecule has 2 amide bonds. The Bertz CT molecular complexity index is 443. The summed E-state index contributed by atoms with van der Waals surface area (Å²) >= 11 is 1.07. The Morgan fingerprint density at radius 3 is 2.68 bits per heavy atom. The second-order valence-corrected chi connectivity index (χ2v) is 5.52.